The number of thioether (sulfide) groups is 1. The van der Waals surface area contributed by atoms with Crippen molar-refractivity contribution >= 4 is 40.6 Å². The second-order valence-corrected chi connectivity index (χ2v) is 7.68. The first-order valence-electron chi connectivity index (χ1n) is 9.51. The first-order valence-corrected chi connectivity index (χ1v) is 10.3. The summed E-state index contributed by atoms with van der Waals surface area (Å²) < 4.78 is 23.8. The van der Waals surface area contributed by atoms with Gasteiger partial charge in [-0.2, -0.15) is 0 Å². The molecule has 0 aromatic heterocycles. The molecule has 6 nitrogen and oxygen atoms in total. The smallest absolute Gasteiger partial charge is 0.343 e. The molecule has 3 aromatic rings. The predicted octanol–water partition coefficient (Wildman–Crippen LogP) is 4.95. The van der Waals surface area contributed by atoms with Gasteiger partial charge >= 0.3 is 5.97 Å². The van der Waals surface area contributed by atoms with Gasteiger partial charge in [-0.3, -0.25) is 4.79 Å². The molecular weight excluding hydrogens is 431 g/mol. The molecule has 0 unspecified atom stereocenters. The number of benzene rings is 3. The van der Waals surface area contributed by atoms with Gasteiger partial charge in [0.1, 0.15) is 17.3 Å². The molecule has 0 radical (unpaired) electrons. The number of nitrogens with one attached hydrogen (secondary N) is 1. The van der Waals surface area contributed by atoms with Crippen LogP contribution in [-0.2, 0) is 4.79 Å². The Morgan fingerprint density at radius 1 is 1.03 bits per heavy atom. The van der Waals surface area contributed by atoms with Gasteiger partial charge in [0.25, 0.3) is 5.91 Å². The van der Waals surface area contributed by atoms with Gasteiger partial charge in [-0.1, -0.05) is 18.2 Å². The third-order valence-corrected chi connectivity index (χ3v) is 5.29. The zero-order valence-corrected chi connectivity index (χ0v) is 17.7. The van der Waals surface area contributed by atoms with Gasteiger partial charge in [-0.25, -0.2) is 14.2 Å². The number of methoxy groups -OCH3 is 1. The van der Waals surface area contributed by atoms with Crippen LogP contribution < -0.4 is 14.8 Å². The van der Waals surface area contributed by atoms with Crippen LogP contribution in [0.5, 0.6) is 11.5 Å². The summed E-state index contributed by atoms with van der Waals surface area (Å²) in [6.45, 7) is 0. The molecule has 0 atom stereocenters. The maximum absolute atomic E-state index is 13.3. The molecule has 160 valence electrons. The summed E-state index contributed by atoms with van der Waals surface area (Å²) in [5, 5.41) is 3.19. The van der Waals surface area contributed by atoms with Gasteiger partial charge in [0.05, 0.1) is 23.3 Å². The zero-order valence-electron chi connectivity index (χ0n) is 16.9. The lowest BCUT2D eigenvalue weighted by Gasteiger charge is -2.05. The molecule has 32 heavy (non-hydrogen) atoms. The van der Waals surface area contributed by atoms with Crippen LogP contribution in [0.2, 0.25) is 0 Å². The Morgan fingerprint density at radius 2 is 1.81 bits per heavy atom. The van der Waals surface area contributed by atoms with Crippen LogP contribution in [0.1, 0.15) is 15.9 Å². The average Bonchev–Trinajstić information content (AvgIpc) is 3.13. The number of aliphatic imine (C=N–C) groups is 1. The van der Waals surface area contributed by atoms with Gasteiger partial charge in [-0.15, -0.1) is 0 Å². The normalized spacial score (nSPS) is 15.6. The Morgan fingerprint density at radius 3 is 2.56 bits per heavy atom. The maximum Gasteiger partial charge on any atom is 0.343 e. The molecule has 0 spiro atoms. The van der Waals surface area contributed by atoms with Crippen molar-refractivity contribution in [1.29, 1.82) is 0 Å². The minimum absolute atomic E-state index is 0.110. The fourth-order valence-electron chi connectivity index (χ4n) is 2.86. The van der Waals surface area contributed by atoms with Gasteiger partial charge in [0.2, 0.25) is 0 Å². The number of carbonyl (C=O) groups excluding carboxylic acids is 2. The average molecular weight is 448 g/mol. The van der Waals surface area contributed by atoms with E-state index in [1.165, 1.54) is 30.0 Å². The van der Waals surface area contributed by atoms with Crippen molar-refractivity contribution < 1.29 is 23.5 Å². The lowest BCUT2D eigenvalue weighted by molar-refractivity contribution is -0.115. The van der Waals surface area contributed by atoms with Crippen LogP contribution >= 0.6 is 11.8 Å². The molecule has 1 heterocycles. The summed E-state index contributed by atoms with van der Waals surface area (Å²) in [6.07, 6.45) is 1.68. The number of nitrogens with zero attached hydrogens (tertiary/aromatic N) is 1. The van der Waals surface area contributed by atoms with E-state index in [2.05, 4.69) is 10.3 Å². The zero-order chi connectivity index (χ0) is 22.5. The standard InChI is InChI=1S/C24H17FN2O4S/c1-30-19-10-8-18(9-11-19)26-24-27-22(28)21(32-24)13-15-4-2-7-20(12-15)31-23(29)16-5-3-6-17(25)14-16/h2-14H,1H3,(H,26,27,28)/b21-13-. The molecule has 1 saturated heterocycles. The first kappa shape index (κ1) is 21.3. The molecule has 1 N–H and O–H groups in total. The number of amidine groups is 1. The van der Waals surface area contributed by atoms with E-state index in [0.717, 1.165) is 11.8 Å². The summed E-state index contributed by atoms with van der Waals surface area (Å²) in [5.74, 6) is -0.463. The van der Waals surface area contributed by atoms with Crippen molar-refractivity contribution in [2.45, 2.75) is 0 Å². The number of amides is 1. The quantitative estimate of drug-likeness (QED) is 0.340. The Labute approximate surface area is 187 Å². The highest BCUT2D eigenvalue weighted by Gasteiger charge is 2.24. The number of hydrogen-bond acceptors (Lipinski definition) is 6. The van der Waals surface area contributed by atoms with E-state index in [1.54, 1.807) is 61.7 Å². The molecule has 1 aliphatic heterocycles. The van der Waals surface area contributed by atoms with E-state index in [0.29, 0.717) is 21.3 Å². The van der Waals surface area contributed by atoms with Crippen LogP contribution in [0.25, 0.3) is 6.08 Å². The van der Waals surface area contributed by atoms with Crippen molar-refractivity contribution in [3.8, 4) is 11.5 Å². The van der Waals surface area contributed by atoms with Gasteiger partial charge in [0, 0.05) is 0 Å². The largest absolute Gasteiger partial charge is 0.497 e. The molecule has 0 aliphatic carbocycles. The molecule has 0 bridgehead atoms. The second-order valence-electron chi connectivity index (χ2n) is 6.65. The third kappa shape index (κ3) is 5.22. The monoisotopic (exact) mass is 448 g/mol. The molecule has 1 aliphatic rings. The highest BCUT2D eigenvalue weighted by molar-refractivity contribution is 8.18. The topological polar surface area (TPSA) is 77.0 Å². The van der Waals surface area contributed by atoms with E-state index in [9.17, 15) is 14.0 Å². The SMILES string of the molecule is COc1ccc(N=C2NC(=O)/C(=C/c3cccc(OC(=O)c4cccc(F)c4)c3)S2)cc1. The van der Waals surface area contributed by atoms with Crippen molar-refractivity contribution in [2.24, 2.45) is 4.99 Å². The molecule has 4 rings (SSSR count). The Balaban J connectivity index is 1.48. The summed E-state index contributed by atoms with van der Waals surface area (Å²) in [4.78, 5) is 29.4. The van der Waals surface area contributed by atoms with Gasteiger partial charge in [0.15, 0.2) is 5.17 Å². The Hall–Kier alpha value is -3.91. The van der Waals surface area contributed by atoms with Crippen molar-refractivity contribution in [1.82, 2.24) is 5.32 Å². The van der Waals surface area contributed by atoms with Crippen LogP contribution in [0.4, 0.5) is 10.1 Å². The number of esters is 1. The maximum atomic E-state index is 13.3. The molecule has 1 amide bonds. The fraction of sp³-hybridized carbons (Fsp3) is 0.0417. The van der Waals surface area contributed by atoms with Crippen molar-refractivity contribution in [2.75, 3.05) is 7.11 Å². The molecule has 1 fully saturated rings. The van der Waals surface area contributed by atoms with Gasteiger partial charge < -0.3 is 14.8 Å². The summed E-state index contributed by atoms with van der Waals surface area (Å²) in [6, 6.07) is 19.1. The Kier molecular flexibility index (Phi) is 6.32. The van der Waals surface area contributed by atoms with E-state index in [1.807, 2.05) is 0 Å². The van der Waals surface area contributed by atoms with Crippen LogP contribution in [0, 0.1) is 5.82 Å². The summed E-state index contributed by atoms with van der Waals surface area (Å²) in [5.41, 5.74) is 1.46. The van der Waals surface area contributed by atoms with Crippen LogP contribution in [0.15, 0.2) is 82.7 Å². The minimum Gasteiger partial charge on any atom is -0.497 e. The highest BCUT2D eigenvalue weighted by atomic mass is 32.2. The minimum atomic E-state index is -0.670. The van der Waals surface area contributed by atoms with E-state index >= 15 is 0 Å². The lowest BCUT2D eigenvalue weighted by atomic mass is 10.2. The summed E-state index contributed by atoms with van der Waals surface area (Å²) in [7, 11) is 1.59. The van der Waals surface area contributed by atoms with Crippen molar-refractivity contribution in [3.63, 3.8) is 0 Å². The third-order valence-electron chi connectivity index (χ3n) is 4.38. The van der Waals surface area contributed by atoms with Crippen molar-refractivity contribution in [3.05, 3.63) is 94.6 Å². The number of hydrogen-bond donors (Lipinski definition) is 1. The predicted molar refractivity (Wildman–Crippen MR) is 122 cm³/mol. The van der Waals surface area contributed by atoms with E-state index in [-0.39, 0.29) is 17.2 Å². The Bertz CT molecular complexity index is 1240. The van der Waals surface area contributed by atoms with Gasteiger partial charge in [-0.05, 0) is 78.0 Å². The molecule has 8 heteroatoms. The summed E-state index contributed by atoms with van der Waals surface area (Å²) >= 11 is 1.21. The number of rotatable bonds is 5. The molecule has 3 aromatic carbocycles. The lowest BCUT2D eigenvalue weighted by Crippen LogP contribution is -2.19. The number of carbonyl (C=O) groups is 2. The molecular formula is C24H17FN2O4S. The second kappa shape index (κ2) is 9.49. The highest BCUT2D eigenvalue weighted by Crippen LogP contribution is 2.29. The molecule has 0 saturated carbocycles. The van der Waals surface area contributed by atoms with E-state index in [4.69, 9.17) is 9.47 Å². The van der Waals surface area contributed by atoms with Crippen LogP contribution in [-0.4, -0.2) is 24.2 Å². The van der Waals surface area contributed by atoms with Crippen LogP contribution in [0.3, 0.4) is 0 Å². The fourth-order valence-corrected chi connectivity index (χ4v) is 3.70. The number of ether oxygens (including phenoxy) is 2. The number of halogens is 1. The van der Waals surface area contributed by atoms with E-state index < -0.39 is 11.8 Å². The first-order chi connectivity index (χ1) is 15.5.